The molecule has 1 aliphatic rings. The number of rotatable bonds is 4. The van der Waals surface area contributed by atoms with E-state index in [0.717, 1.165) is 30.6 Å². The first-order valence-corrected chi connectivity index (χ1v) is 7.80. The van der Waals surface area contributed by atoms with E-state index < -0.39 is 0 Å². The maximum atomic E-state index is 12.5. The number of thioether (sulfide) groups is 1. The molecule has 2 rings (SSSR count). The number of hydrogen-bond donors (Lipinski definition) is 0. The fraction of sp³-hybridized carbons (Fsp3) is 0.467. The minimum absolute atomic E-state index is 0.0129. The molecular weight excluding hydrogens is 256 g/mol. The molecule has 3 nitrogen and oxygen atoms in total. The molecule has 0 radical (unpaired) electrons. The average Bonchev–Trinajstić information content (AvgIpc) is 2.98. The lowest BCUT2D eigenvalue weighted by Gasteiger charge is -2.26. The van der Waals surface area contributed by atoms with Gasteiger partial charge in [-0.1, -0.05) is 12.8 Å². The van der Waals surface area contributed by atoms with Gasteiger partial charge in [0, 0.05) is 16.5 Å². The molecule has 0 saturated heterocycles. The van der Waals surface area contributed by atoms with Crippen molar-refractivity contribution < 1.29 is 4.79 Å². The molecule has 0 N–H and O–H groups in total. The van der Waals surface area contributed by atoms with Crippen molar-refractivity contribution in [1.29, 1.82) is 5.26 Å². The third kappa shape index (κ3) is 3.30. The quantitative estimate of drug-likeness (QED) is 0.625. The van der Waals surface area contributed by atoms with Crippen LogP contribution in [0.1, 0.15) is 36.0 Å². The Morgan fingerprint density at radius 2 is 2.00 bits per heavy atom. The lowest BCUT2D eigenvalue weighted by Crippen LogP contribution is -2.39. The number of hydrogen-bond acceptors (Lipinski definition) is 3. The Labute approximate surface area is 118 Å². The highest BCUT2D eigenvalue weighted by Gasteiger charge is 2.27. The third-order valence-corrected chi connectivity index (χ3v) is 4.35. The van der Waals surface area contributed by atoms with Crippen molar-refractivity contribution in [3.8, 4) is 6.07 Å². The molecule has 100 valence electrons. The molecule has 0 aromatic heterocycles. The van der Waals surface area contributed by atoms with Crippen LogP contribution in [-0.4, -0.2) is 29.6 Å². The normalized spacial score (nSPS) is 15.2. The number of nitriles is 1. The summed E-state index contributed by atoms with van der Waals surface area (Å²) in [6.45, 7) is 0.188. The molecule has 19 heavy (non-hydrogen) atoms. The third-order valence-electron chi connectivity index (χ3n) is 3.60. The van der Waals surface area contributed by atoms with E-state index in [2.05, 4.69) is 6.07 Å². The summed E-state index contributed by atoms with van der Waals surface area (Å²) < 4.78 is 0. The first-order chi connectivity index (χ1) is 9.26. The smallest absolute Gasteiger partial charge is 0.254 e. The molecule has 0 heterocycles. The summed E-state index contributed by atoms with van der Waals surface area (Å²) in [5.74, 6) is -0.0129. The first-order valence-electron chi connectivity index (χ1n) is 6.58. The van der Waals surface area contributed by atoms with E-state index >= 15 is 0 Å². The van der Waals surface area contributed by atoms with Crippen LogP contribution in [0.15, 0.2) is 29.2 Å². The summed E-state index contributed by atoms with van der Waals surface area (Å²) in [5.41, 5.74) is 0.681. The van der Waals surface area contributed by atoms with Crippen molar-refractivity contribution in [3.05, 3.63) is 29.8 Å². The molecule has 1 aromatic carbocycles. The molecule has 0 spiro atoms. The van der Waals surface area contributed by atoms with Crippen molar-refractivity contribution in [3.63, 3.8) is 0 Å². The molecule has 4 heteroatoms. The molecule has 1 aliphatic carbocycles. The van der Waals surface area contributed by atoms with Crippen LogP contribution in [0.3, 0.4) is 0 Å². The van der Waals surface area contributed by atoms with Crippen molar-refractivity contribution in [2.45, 2.75) is 36.6 Å². The van der Waals surface area contributed by atoms with Gasteiger partial charge in [-0.15, -0.1) is 11.8 Å². The van der Waals surface area contributed by atoms with Crippen LogP contribution in [0.25, 0.3) is 0 Å². The number of amides is 1. The van der Waals surface area contributed by atoms with Crippen molar-refractivity contribution in [2.24, 2.45) is 0 Å². The van der Waals surface area contributed by atoms with Crippen LogP contribution in [0.2, 0.25) is 0 Å². The molecule has 1 aromatic rings. The monoisotopic (exact) mass is 274 g/mol. The summed E-state index contributed by atoms with van der Waals surface area (Å²) in [6.07, 6.45) is 6.38. The van der Waals surface area contributed by atoms with E-state index in [1.54, 1.807) is 16.7 Å². The Morgan fingerprint density at radius 1 is 1.37 bits per heavy atom. The molecule has 1 saturated carbocycles. The minimum Gasteiger partial charge on any atom is -0.322 e. The molecule has 1 fully saturated rings. The molecule has 0 aliphatic heterocycles. The summed E-state index contributed by atoms with van der Waals surface area (Å²) >= 11 is 1.66. The van der Waals surface area contributed by atoms with Gasteiger partial charge in [-0.2, -0.15) is 5.26 Å². The van der Waals surface area contributed by atoms with Gasteiger partial charge in [-0.25, -0.2) is 0 Å². The van der Waals surface area contributed by atoms with Gasteiger partial charge in [0.2, 0.25) is 0 Å². The average molecular weight is 274 g/mol. The van der Waals surface area contributed by atoms with Gasteiger partial charge < -0.3 is 4.90 Å². The van der Waals surface area contributed by atoms with E-state index in [1.165, 1.54) is 0 Å². The Hall–Kier alpha value is -1.47. The predicted molar refractivity (Wildman–Crippen MR) is 77.1 cm³/mol. The van der Waals surface area contributed by atoms with Crippen LogP contribution in [0.4, 0.5) is 0 Å². The molecule has 0 atom stereocenters. The molecule has 1 amide bonds. The number of benzene rings is 1. The van der Waals surface area contributed by atoms with E-state index in [9.17, 15) is 4.79 Å². The highest BCUT2D eigenvalue weighted by molar-refractivity contribution is 7.98. The highest BCUT2D eigenvalue weighted by atomic mass is 32.2. The second-order valence-corrected chi connectivity index (χ2v) is 5.64. The maximum Gasteiger partial charge on any atom is 0.254 e. The van der Waals surface area contributed by atoms with Gasteiger partial charge >= 0.3 is 0 Å². The van der Waals surface area contributed by atoms with Crippen LogP contribution >= 0.6 is 11.8 Å². The predicted octanol–water partition coefficient (Wildman–Crippen LogP) is 3.32. The SMILES string of the molecule is CSc1ccc(C(=O)N(CC#N)C2CCCC2)cc1. The van der Waals surface area contributed by atoms with Crippen molar-refractivity contribution in [2.75, 3.05) is 12.8 Å². The molecule has 0 bridgehead atoms. The van der Waals surface area contributed by atoms with Gasteiger partial charge in [0.05, 0.1) is 6.07 Å². The fourth-order valence-electron chi connectivity index (χ4n) is 2.56. The second-order valence-electron chi connectivity index (χ2n) is 4.76. The number of carbonyl (C=O) groups is 1. The Balaban J connectivity index is 2.15. The lowest BCUT2D eigenvalue weighted by molar-refractivity contribution is 0.0709. The minimum atomic E-state index is -0.0129. The maximum absolute atomic E-state index is 12.5. The van der Waals surface area contributed by atoms with Crippen molar-refractivity contribution >= 4 is 17.7 Å². The first kappa shape index (κ1) is 14.0. The van der Waals surface area contributed by atoms with Gasteiger partial charge in [-0.3, -0.25) is 4.79 Å². The highest BCUT2D eigenvalue weighted by Crippen LogP contribution is 2.25. The van der Waals surface area contributed by atoms with Gasteiger partial charge in [0.25, 0.3) is 5.91 Å². The summed E-state index contributed by atoms with van der Waals surface area (Å²) in [4.78, 5) is 15.4. The Bertz CT molecular complexity index is 472. The van der Waals surface area contributed by atoms with Crippen LogP contribution < -0.4 is 0 Å². The van der Waals surface area contributed by atoms with E-state index in [1.807, 2.05) is 30.5 Å². The van der Waals surface area contributed by atoms with Gasteiger partial charge in [-0.05, 0) is 43.4 Å². The number of carbonyl (C=O) groups excluding carboxylic acids is 1. The van der Waals surface area contributed by atoms with Crippen molar-refractivity contribution in [1.82, 2.24) is 4.90 Å². The zero-order chi connectivity index (χ0) is 13.7. The van der Waals surface area contributed by atoms with E-state index in [0.29, 0.717) is 5.56 Å². The number of nitrogens with zero attached hydrogens (tertiary/aromatic N) is 2. The van der Waals surface area contributed by atoms with Gasteiger partial charge in [0.15, 0.2) is 0 Å². The lowest BCUT2D eigenvalue weighted by atomic mass is 10.1. The second kappa shape index (κ2) is 6.63. The fourth-order valence-corrected chi connectivity index (χ4v) is 2.97. The Morgan fingerprint density at radius 3 is 2.53 bits per heavy atom. The molecular formula is C15H18N2OS. The molecule has 0 unspecified atom stereocenters. The van der Waals surface area contributed by atoms with Gasteiger partial charge in [0.1, 0.15) is 6.54 Å². The van der Waals surface area contributed by atoms with Crippen LogP contribution in [0, 0.1) is 11.3 Å². The Kier molecular flexibility index (Phi) is 4.86. The van der Waals surface area contributed by atoms with Crippen LogP contribution in [-0.2, 0) is 0 Å². The zero-order valence-corrected chi connectivity index (χ0v) is 11.9. The van der Waals surface area contributed by atoms with E-state index in [4.69, 9.17) is 5.26 Å². The standard InChI is InChI=1S/C15H18N2OS/c1-19-14-8-6-12(7-9-14)15(18)17(11-10-16)13-4-2-3-5-13/h6-9,13H,2-5,11H2,1H3. The topological polar surface area (TPSA) is 44.1 Å². The zero-order valence-electron chi connectivity index (χ0n) is 11.1. The largest absolute Gasteiger partial charge is 0.322 e. The van der Waals surface area contributed by atoms with Crippen LogP contribution in [0.5, 0.6) is 0 Å². The summed E-state index contributed by atoms with van der Waals surface area (Å²) in [5, 5.41) is 8.93. The summed E-state index contributed by atoms with van der Waals surface area (Å²) in [6, 6.07) is 9.98. The van der Waals surface area contributed by atoms with E-state index in [-0.39, 0.29) is 18.5 Å². The summed E-state index contributed by atoms with van der Waals surface area (Å²) in [7, 11) is 0.